The molecule has 0 radical (unpaired) electrons. The van der Waals surface area contributed by atoms with Crippen LogP contribution in [0.2, 0.25) is 0 Å². The monoisotopic (exact) mass is 565 g/mol. The van der Waals surface area contributed by atoms with E-state index in [4.69, 9.17) is 0 Å². The van der Waals surface area contributed by atoms with E-state index < -0.39 is 20.0 Å². The van der Waals surface area contributed by atoms with E-state index in [2.05, 4.69) is 15.1 Å². The first-order valence-corrected chi connectivity index (χ1v) is 16.4. The maximum atomic E-state index is 13.9. The number of hydrogen-bond acceptors (Lipinski definition) is 7. The van der Waals surface area contributed by atoms with Crippen LogP contribution in [0.4, 0.5) is 11.4 Å². The highest BCUT2D eigenvalue weighted by atomic mass is 32.2. The molecule has 1 heterocycles. The largest absolute Gasteiger partial charge is 0.384 e. The number of likely N-dealkylation sites (N-methyl/N-ethyl adjacent to an activating group) is 1. The Morgan fingerprint density at radius 3 is 1.82 bits per heavy atom. The van der Waals surface area contributed by atoms with Crippen molar-refractivity contribution in [1.29, 1.82) is 0 Å². The average molecular weight is 566 g/mol. The fraction of sp³-hybridized carbons (Fsp3) is 0.556. The number of sulfonamides is 2. The second-order valence-corrected chi connectivity index (χ2v) is 13.3. The SMILES string of the molecule is CCN(CC)S(=O)(=O)c1cc(S(=O)(=O)N(CC)CC)c(N2CCN(C)CC2)cc1NCCc1ccccc1. The van der Waals surface area contributed by atoms with Crippen LogP contribution in [0.25, 0.3) is 0 Å². The van der Waals surface area contributed by atoms with E-state index in [0.29, 0.717) is 63.6 Å². The van der Waals surface area contributed by atoms with Gasteiger partial charge in [-0.1, -0.05) is 58.0 Å². The molecular weight excluding hydrogens is 522 g/mol. The van der Waals surface area contributed by atoms with Gasteiger partial charge in [-0.3, -0.25) is 0 Å². The van der Waals surface area contributed by atoms with Gasteiger partial charge >= 0.3 is 0 Å². The van der Waals surface area contributed by atoms with Gasteiger partial charge in [0.1, 0.15) is 9.79 Å². The molecule has 1 aliphatic rings. The predicted molar refractivity (Wildman–Crippen MR) is 155 cm³/mol. The lowest BCUT2D eigenvalue weighted by Gasteiger charge is -2.36. The van der Waals surface area contributed by atoms with Crippen molar-refractivity contribution in [2.75, 3.05) is 76.2 Å². The van der Waals surface area contributed by atoms with E-state index in [0.717, 1.165) is 18.7 Å². The molecule has 0 amide bonds. The highest BCUT2D eigenvalue weighted by Crippen LogP contribution is 2.37. The first-order chi connectivity index (χ1) is 18.1. The third-order valence-electron chi connectivity index (χ3n) is 7.12. The molecule has 11 heteroatoms. The summed E-state index contributed by atoms with van der Waals surface area (Å²) < 4.78 is 58.2. The zero-order valence-corrected chi connectivity index (χ0v) is 25.0. The molecule has 2 aromatic rings. The normalized spacial score (nSPS) is 15.4. The van der Waals surface area contributed by atoms with E-state index in [9.17, 15) is 16.8 Å². The van der Waals surface area contributed by atoms with Crippen LogP contribution in [0, 0.1) is 0 Å². The lowest BCUT2D eigenvalue weighted by molar-refractivity contribution is 0.312. The molecule has 3 rings (SSSR count). The lowest BCUT2D eigenvalue weighted by Crippen LogP contribution is -2.45. The lowest BCUT2D eigenvalue weighted by atomic mass is 10.1. The Balaban J connectivity index is 2.19. The molecule has 212 valence electrons. The molecule has 2 aromatic carbocycles. The maximum Gasteiger partial charge on any atom is 0.245 e. The van der Waals surface area contributed by atoms with Crippen molar-refractivity contribution in [3.8, 4) is 0 Å². The number of piperazine rings is 1. The fourth-order valence-corrected chi connectivity index (χ4v) is 8.18. The van der Waals surface area contributed by atoms with Gasteiger partial charge in [0.25, 0.3) is 0 Å². The van der Waals surface area contributed by atoms with E-state index in [1.54, 1.807) is 33.8 Å². The molecule has 0 bridgehead atoms. The van der Waals surface area contributed by atoms with Crippen LogP contribution in [-0.4, -0.2) is 96.3 Å². The second kappa shape index (κ2) is 13.3. The van der Waals surface area contributed by atoms with Gasteiger partial charge in [-0.2, -0.15) is 8.61 Å². The Morgan fingerprint density at radius 1 is 0.763 bits per heavy atom. The Kier molecular flexibility index (Phi) is 10.6. The molecule has 1 N–H and O–H groups in total. The van der Waals surface area contributed by atoms with Crippen LogP contribution >= 0.6 is 0 Å². The van der Waals surface area contributed by atoms with E-state index in [-0.39, 0.29) is 9.79 Å². The highest BCUT2D eigenvalue weighted by Gasteiger charge is 2.33. The summed E-state index contributed by atoms with van der Waals surface area (Å²) >= 11 is 0. The average Bonchev–Trinajstić information content (AvgIpc) is 2.90. The van der Waals surface area contributed by atoms with Gasteiger partial charge in [0.15, 0.2) is 0 Å². The Bertz CT molecular complexity index is 1250. The topological polar surface area (TPSA) is 93.3 Å². The van der Waals surface area contributed by atoms with Crippen LogP contribution in [0.1, 0.15) is 33.3 Å². The van der Waals surface area contributed by atoms with Crippen molar-refractivity contribution in [1.82, 2.24) is 13.5 Å². The third kappa shape index (κ3) is 6.69. The minimum Gasteiger partial charge on any atom is -0.384 e. The number of nitrogens with one attached hydrogen (secondary N) is 1. The summed E-state index contributed by atoms with van der Waals surface area (Å²) in [5, 5.41) is 3.34. The molecule has 9 nitrogen and oxygen atoms in total. The highest BCUT2D eigenvalue weighted by molar-refractivity contribution is 7.90. The quantitative estimate of drug-likeness (QED) is 0.399. The van der Waals surface area contributed by atoms with Gasteiger partial charge in [-0.25, -0.2) is 16.8 Å². The third-order valence-corrected chi connectivity index (χ3v) is 11.3. The molecule has 0 atom stereocenters. The second-order valence-electron chi connectivity index (χ2n) is 9.45. The molecule has 0 aliphatic carbocycles. The van der Waals surface area contributed by atoms with Crippen molar-refractivity contribution in [3.05, 3.63) is 48.0 Å². The number of nitrogens with zero attached hydrogens (tertiary/aromatic N) is 4. The molecule has 0 spiro atoms. The van der Waals surface area contributed by atoms with E-state index >= 15 is 0 Å². The van der Waals surface area contributed by atoms with Gasteiger partial charge in [-0.15, -0.1) is 0 Å². The molecule has 0 saturated carbocycles. The summed E-state index contributed by atoms with van der Waals surface area (Å²) in [7, 11) is -5.83. The Labute approximate surface area is 229 Å². The first kappa shape index (κ1) is 30.4. The molecule has 38 heavy (non-hydrogen) atoms. The minimum atomic E-state index is -3.94. The van der Waals surface area contributed by atoms with Crippen LogP contribution in [0.15, 0.2) is 52.3 Å². The van der Waals surface area contributed by atoms with Crippen LogP contribution in [0.5, 0.6) is 0 Å². The van der Waals surface area contributed by atoms with Crippen molar-refractivity contribution >= 4 is 31.4 Å². The zero-order valence-electron chi connectivity index (χ0n) is 23.4. The fourth-order valence-electron chi connectivity index (χ4n) is 4.79. The Morgan fingerprint density at radius 2 is 1.29 bits per heavy atom. The smallest absolute Gasteiger partial charge is 0.245 e. The van der Waals surface area contributed by atoms with Crippen LogP contribution in [0.3, 0.4) is 0 Å². The maximum absolute atomic E-state index is 13.9. The summed E-state index contributed by atoms with van der Waals surface area (Å²) in [6.45, 7) is 11.8. The van der Waals surface area contributed by atoms with Crippen LogP contribution in [-0.2, 0) is 26.5 Å². The number of hydrogen-bond donors (Lipinski definition) is 1. The predicted octanol–water partition coefficient (Wildman–Crippen LogP) is 3.15. The van der Waals surface area contributed by atoms with E-state index in [1.165, 1.54) is 14.7 Å². The molecule has 0 aromatic heterocycles. The molecule has 1 saturated heterocycles. The van der Waals surface area contributed by atoms with Gasteiger partial charge in [0.05, 0.1) is 11.4 Å². The van der Waals surface area contributed by atoms with Gasteiger partial charge in [-0.05, 0) is 31.2 Å². The Hall–Kier alpha value is -2.18. The summed E-state index contributed by atoms with van der Waals surface area (Å²) in [4.78, 5) is 4.31. The van der Waals surface area contributed by atoms with Gasteiger partial charge < -0.3 is 15.1 Å². The van der Waals surface area contributed by atoms with Crippen molar-refractivity contribution in [2.24, 2.45) is 0 Å². The molecular formula is C27H43N5O4S2. The molecule has 0 unspecified atom stereocenters. The number of rotatable bonds is 13. The zero-order chi connectivity index (χ0) is 27.9. The first-order valence-electron chi connectivity index (χ1n) is 13.5. The summed E-state index contributed by atoms with van der Waals surface area (Å²) in [6, 6.07) is 13.1. The molecule has 1 fully saturated rings. The minimum absolute atomic E-state index is 0.00197. The number of anilines is 2. The standard InChI is InChI=1S/C27H43N5O4S2/c1-6-31(7-2)37(33,34)26-22-27(38(35,36)32(8-3)9-4)25(30-19-17-29(5)18-20-30)21-24(26)28-16-15-23-13-11-10-12-14-23/h10-14,21-22,28H,6-9,15-20H2,1-5H3. The number of benzene rings is 2. The molecule has 1 aliphatic heterocycles. The summed E-state index contributed by atoms with van der Waals surface area (Å²) in [5.74, 6) is 0. The van der Waals surface area contributed by atoms with Crippen LogP contribution < -0.4 is 10.2 Å². The van der Waals surface area contributed by atoms with Crippen molar-refractivity contribution in [2.45, 2.75) is 43.9 Å². The van der Waals surface area contributed by atoms with Gasteiger partial charge in [0, 0.05) is 58.9 Å². The van der Waals surface area contributed by atoms with E-state index in [1.807, 2.05) is 37.4 Å². The summed E-state index contributed by atoms with van der Waals surface area (Å²) in [6.07, 6.45) is 0.703. The van der Waals surface area contributed by atoms with Gasteiger partial charge in [0.2, 0.25) is 20.0 Å². The summed E-state index contributed by atoms with van der Waals surface area (Å²) in [5.41, 5.74) is 2.11. The van der Waals surface area contributed by atoms with Crippen molar-refractivity contribution in [3.63, 3.8) is 0 Å². The van der Waals surface area contributed by atoms with Crippen molar-refractivity contribution < 1.29 is 16.8 Å².